The number of aliphatic hydroxyl groups is 1. The van der Waals surface area contributed by atoms with Crippen LogP contribution in [0.5, 0.6) is 0 Å². The van der Waals surface area contributed by atoms with Gasteiger partial charge >= 0.3 is 0 Å². The number of hydrogen-bond acceptors (Lipinski definition) is 7. The summed E-state index contributed by atoms with van der Waals surface area (Å²) in [6.45, 7) is -0.0508. The van der Waals surface area contributed by atoms with Crippen LogP contribution in [-0.2, 0) is 9.59 Å². The molecule has 0 unspecified atom stereocenters. The van der Waals surface area contributed by atoms with Gasteiger partial charge in [-0.2, -0.15) is 0 Å². The third kappa shape index (κ3) is 3.74. The molecule has 0 aliphatic carbocycles. The van der Waals surface area contributed by atoms with Crippen LogP contribution in [0.4, 0.5) is 17.1 Å². The predicted molar refractivity (Wildman–Crippen MR) is 113 cm³/mol. The fraction of sp³-hybridized carbons (Fsp3) is 0.238. The number of aliphatic hydroxyl groups excluding tert-OH is 1. The van der Waals surface area contributed by atoms with E-state index in [1.807, 2.05) is 19.0 Å². The molecule has 0 saturated carbocycles. The summed E-state index contributed by atoms with van der Waals surface area (Å²) < 4.78 is 0. The van der Waals surface area contributed by atoms with Crippen LogP contribution in [0, 0.1) is 10.1 Å². The summed E-state index contributed by atoms with van der Waals surface area (Å²) in [5.41, 5.74) is 1.90. The maximum Gasteiger partial charge on any atom is 0.282 e. The van der Waals surface area contributed by atoms with Crippen LogP contribution in [0.2, 0.25) is 0 Å². The second-order valence-electron chi connectivity index (χ2n) is 7.03. The first kappa shape index (κ1) is 21.0. The van der Waals surface area contributed by atoms with Crippen LogP contribution in [0.25, 0.3) is 5.57 Å². The Labute approximate surface area is 173 Å². The van der Waals surface area contributed by atoms with Crippen LogP contribution in [0.3, 0.4) is 0 Å². The van der Waals surface area contributed by atoms with Gasteiger partial charge in [0.15, 0.2) is 0 Å². The van der Waals surface area contributed by atoms with Crippen molar-refractivity contribution in [2.45, 2.75) is 0 Å². The Balaban J connectivity index is 2.07. The van der Waals surface area contributed by atoms with E-state index in [0.29, 0.717) is 11.3 Å². The molecule has 1 aliphatic heterocycles. The molecule has 0 saturated heterocycles. The molecule has 2 amide bonds. The van der Waals surface area contributed by atoms with Crippen LogP contribution < -0.4 is 9.80 Å². The highest BCUT2D eigenvalue weighted by Gasteiger charge is 2.41. The lowest BCUT2D eigenvalue weighted by Crippen LogP contribution is -2.34. The monoisotopic (exact) mass is 410 g/mol. The van der Waals surface area contributed by atoms with Gasteiger partial charge in [-0.25, -0.2) is 4.90 Å². The smallest absolute Gasteiger partial charge is 0.282 e. The highest BCUT2D eigenvalue weighted by atomic mass is 16.6. The van der Waals surface area contributed by atoms with Crippen molar-refractivity contribution in [3.05, 3.63) is 69.9 Å². The summed E-state index contributed by atoms with van der Waals surface area (Å²) in [4.78, 5) is 41.4. The van der Waals surface area contributed by atoms with E-state index in [0.717, 1.165) is 10.6 Å². The Morgan fingerprint density at radius 3 is 2.07 bits per heavy atom. The fourth-order valence-corrected chi connectivity index (χ4v) is 3.28. The molecular weight excluding hydrogens is 388 g/mol. The van der Waals surface area contributed by atoms with Crippen LogP contribution in [0.1, 0.15) is 5.56 Å². The van der Waals surface area contributed by atoms with E-state index in [1.165, 1.54) is 29.2 Å². The van der Waals surface area contributed by atoms with Gasteiger partial charge in [-0.05, 0) is 42.0 Å². The van der Waals surface area contributed by atoms with E-state index in [2.05, 4.69) is 0 Å². The zero-order valence-corrected chi connectivity index (χ0v) is 16.9. The van der Waals surface area contributed by atoms with Gasteiger partial charge in [0.05, 0.1) is 22.8 Å². The summed E-state index contributed by atoms with van der Waals surface area (Å²) >= 11 is 0. The van der Waals surface area contributed by atoms with E-state index >= 15 is 0 Å². The van der Waals surface area contributed by atoms with Crippen LogP contribution in [0.15, 0.2) is 54.2 Å². The Morgan fingerprint density at radius 2 is 1.57 bits per heavy atom. The summed E-state index contributed by atoms with van der Waals surface area (Å²) in [6, 6.07) is 12.5. The highest BCUT2D eigenvalue weighted by molar-refractivity contribution is 6.45. The molecule has 30 heavy (non-hydrogen) atoms. The number of likely N-dealkylation sites (N-methyl/N-ethyl adjacent to an activating group) is 1. The topological polar surface area (TPSA) is 107 Å². The largest absolute Gasteiger partial charge is 0.395 e. The molecule has 2 aromatic rings. The molecule has 156 valence electrons. The van der Waals surface area contributed by atoms with Gasteiger partial charge in [-0.15, -0.1) is 0 Å². The number of rotatable bonds is 7. The average Bonchev–Trinajstić information content (AvgIpc) is 2.98. The molecule has 2 aromatic carbocycles. The normalized spacial score (nSPS) is 13.8. The number of nitrogens with zero attached hydrogens (tertiary/aromatic N) is 4. The van der Waals surface area contributed by atoms with Gasteiger partial charge in [0.1, 0.15) is 5.70 Å². The zero-order chi connectivity index (χ0) is 22.0. The van der Waals surface area contributed by atoms with Crippen molar-refractivity contribution in [1.82, 2.24) is 4.90 Å². The number of nitro benzene ring substituents is 1. The van der Waals surface area contributed by atoms with Crippen molar-refractivity contribution in [1.29, 1.82) is 0 Å². The summed E-state index contributed by atoms with van der Waals surface area (Å²) in [6.07, 6.45) is 0. The highest BCUT2D eigenvalue weighted by Crippen LogP contribution is 2.35. The Kier molecular flexibility index (Phi) is 5.84. The molecular formula is C21H22N4O5. The number of amides is 2. The van der Waals surface area contributed by atoms with Gasteiger partial charge in [-0.1, -0.05) is 0 Å². The number of carbonyl (C=O) groups is 2. The molecule has 0 bridgehead atoms. The molecule has 0 fully saturated rings. The number of carbonyl (C=O) groups excluding carboxylic acids is 2. The molecule has 9 heteroatoms. The molecule has 0 spiro atoms. The molecule has 0 atom stereocenters. The second kappa shape index (κ2) is 8.34. The van der Waals surface area contributed by atoms with Gasteiger partial charge in [0.2, 0.25) is 0 Å². The summed E-state index contributed by atoms with van der Waals surface area (Å²) in [5, 5.41) is 20.3. The van der Waals surface area contributed by atoms with Crippen molar-refractivity contribution in [2.24, 2.45) is 0 Å². The number of anilines is 2. The molecule has 1 aliphatic rings. The third-order valence-electron chi connectivity index (χ3n) is 4.87. The first-order valence-corrected chi connectivity index (χ1v) is 9.23. The number of imide groups is 1. The van der Waals surface area contributed by atoms with Gasteiger partial charge in [0, 0.05) is 45.5 Å². The maximum atomic E-state index is 13.3. The molecule has 1 heterocycles. The van der Waals surface area contributed by atoms with Crippen LogP contribution >= 0.6 is 0 Å². The molecule has 1 N–H and O–H groups in total. The summed E-state index contributed by atoms with van der Waals surface area (Å²) in [7, 11) is 5.38. The van der Waals surface area contributed by atoms with Crippen LogP contribution in [-0.4, -0.2) is 61.0 Å². The lowest BCUT2D eigenvalue weighted by Gasteiger charge is -2.21. The Hall–Kier alpha value is -3.72. The number of benzene rings is 2. The lowest BCUT2D eigenvalue weighted by molar-refractivity contribution is -0.384. The summed E-state index contributed by atoms with van der Waals surface area (Å²) in [5.74, 6) is -1.03. The van der Waals surface area contributed by atoms with Gasteiger partial charge in [-0.3, -0.25) is 19.7 Å². The van der Waals surface area contributed by atoms with Crippen molar-refractivity contribution >= 4 is 34.4 Å². The van der Waals surface area contributed by atoms with Gasteiger partial charge < -0.3 is 14.9 Å². The minimum absolute atomic E-state index is 0.113. The van der Waals surface area contributed by atoms with E-state index in [1.54, 1.807) is 31.3 Å². The fourth-order valence-electron chi connectivity index (χ4n) is 3.28. The molecule has 0 aromatic heterocycles. The molecule has 9 nitrogen and oxygen atoms in total. The maximum absolute atomic E-state index is 13.3. The van der Waals surface area contributed by atoms with E-state index < -0.39 is 16.7 Å². The standard InChI is InChI=1S/C21H22N4O5/c1-22(2)15-8-10-16(11-9-15)24-20(27)18(19(21(24)28)23(3)12-13-26)14-4-6-17(7-5-14)25(29)30/h4-11,26H,12-13H2,1-3H3. The van der Waals surface area contributed by atoms with E-state index in [9.17, 15) is 24.8 Å². The third-order valence-corrected chi connectivity index (χ3v) is 4.87. The second-order valence-corrected chi connectivity index (χ2v) is 7.03. The van der Waals surface area contributed by atoms with Crippen molar-refractivity contribution < 1.29 is 19.6 Å². The minimum atomic E-state index is -0.531. The Morgan fingerprint density at radius 1 is 0.967 bits per heavy atom. The first-order chi connectivity index (χ1) is 14.3. The lowest BCUT2D eigenvalue weighted by atomic mass is 10.0. The molecule has 0 radical (unpaired) electrons. The van der Waals surface area contributed by atoms with E-state index in [-0.39, 0.29) is 30.1 Å². The average molecular weight is 410 g/mol. The molecule has 3 rings (SSSR count). The zero-order valence-electron chi connectivity index (χ0n) is 16.9. The van der Waals surface area contributed by atoms with Crippen molar-refractivity contribution in [3.8, 4) is 0 Å². The quantitative estimate of drug-likeness (QED) is 0.422. The minimum Gasteiger partial charge on any atom is -0.395 e. The van der Waals surface area contributed by atoms with Crippen molar-refractivity contribution in [3.63, 3.8) is 0 Å². The number of nitro groups is 1. The van der Waals surface area contributed by atoms with Crippen molar-refractivity contribution in [2.75, 3.05) is 44.1 Å². The van der Waals surface area contributed by atoms with E-state index in [4.69, 9.17) is 0 Å². The predicted octanol–water partition coefficient (Wildman–Crippen LogP) is 1.87. The van der Waals surface area contributed by atoms with Gasteiger partial charge in [0.25, 0.3) is 17.5 Å². The first-order valence-electron chi connectivity index (χ1n) is 9.23. The number of non-ortho nitro benzene ring substituents is 1. The Bertz CT molecular complexity index is 1010. The SMILES string of the molecule is CN(CCO)C1=C(c2ccc([N+](=O)[O-])cc2)C(=O)N(c2ccc(N(C)C)cc2)C1=O. The number of hydrogen-bond donors (Lipinski definition) is 1.